The zero-order valence-electron chi connectivity index (χ0n) is 7.93. The van der Waals surface area contributed by atoms with Gasteiger partial charge in [-0.25, -0.2) is 15.2 Å². The maximum Gasteiger partial charge on any atom is 0.337 e. The minimum absolute atomic E-state index is 0.108. The number of hydrogen-bond donors (Lipinski definition) is 2. The maximum absolute atomic E-state index is 11.4. The van der Waals surface area contributed by atoms with E-state index in [9.17, 15) is 9.59 Å². The monoisotopic (exact) mass is 206 g/mol. The number of rotatable bonds is 2. The maximum atomic E-state index is 11.4. The topological polar surface area (TPSA) is 69.6 Å². The van der Waals surface area contributed by atoms with E-state index in [1.807, 2.05) is 0 Å². The Morgan fingerprint density at radius 2 is 2.13 bits per heavy atom. The van der Waals surface area contributed by atoms with Crippen LogP contribution in [0.1, 0.15) is 16.8 Å². The number of carbonyl (C=O) groups is 2. The number of nitrogens with zero attached hydrogens (tertiary/aromatic N) is 1. The van der Waals surface area contributed by atoms with E-state index in [0.29, 0.717) is 18.7 Å². The summed E-state index contributed by atoms with van der Waals surface area (Å²) >= 11 is 0. The minimum atomic E-state index is -1.04. The predicted molar refractivity (Wildman–Crippen MR) is 53.5 cm³/mol. The first-order valence-corrected chi connectivity index (χ1v) is 4.59. The molecule has 0 spiro atoms. The third kappa shape index (κ3) is 1.69. The van der Waals surface area contributed by atoms with Crippen molar-refractivity contribution in [3.8, 4) is 0 Å². The molecule has 0 radical (unpaired) electrons. The van der Waals surface area contributed by atoms with Gasteiger partial charge in [0.2, 0.25) is 5.91 Å². The number of anilines is 1. The first-order chi connectivity index (χ1) is 7.20. The van der Waals surface area contributed by atoms with Crippen LogP contribution in [0.3, 0.4) is 0 Å². The van der Waals surface area contributed by atoms with Crippen molar-refractivity contribution in [1.29, 1.82) is 0 Å². The molecule has 2 rings (SSSR count). The second-order valence-corrected chi connectivity index (χ2v) is 3.21. The molecule has 1 saturated heterocycles. The normalized spacial score (nSPS) is 15.7. The van der Waals surface area contributed by atoms with E-state index in [-0.39, 0.29) is 11.5 Å². The lowest BCUT2D eigenvalue weighted by atomic mass is 10.1. The molecule has 1 amide bonds. The zero-order chi connectivity index (χ0) is 10.8. The fourth-order valence-electron chi connectivity index (χ4n) is 1.54. The number of carboxylic acids is 1. The van der Waals surface area contributed by atoms with Crippen molar-refractivity contribution in [2.24, 2.45) is 0 Å². The summed E-state index contributed by atoms with van der Waals surface area (Å²) in [5.74, 6) is -1.14. The van der Waals surface area contributed by atoms with Crippen molar-refractivity contribution >= 4 is 17.6 Å². The fourth-order valence-corrected chi connectivity index (χ4v) is 1.54. The molecule has 1 aromatic rings. The van der Waals surface area contributed by atoms with Crippen LogP contribution in [-0.4, -0.2) is 23.5 Å². The summed E-state index contributed by atoms with van der Waals surface area (Å²) in [5.41, 5.74) is 3.36. The van der Waals surface area contributed by atoms with Crippen LogP contribution in [0.25, 0.3) is 0 Å². The number of benzene rings is 1. The van der Waals surface area contributed by atoms with Gasteiger partial charge in [0.05, 0.1) is 11.3 Å². The average molecular weight is 206 g/mol. The molecule has 0 saturated carbocycles. The zero-order valence-corrected chi connectivity index (χ0v) is 7.93. The van der Waals surface area contributed by atoms with Gasteiger partial charge in [-0.1, -0.05) is 12.1 Å². The van der Waals surface area contributed by atoms with Crippen molar-refractivity contribution in [2.75, 3.05) is 11.6 Å². The van der Waals surface area contributed by atoms with Gasteiger partial charge in [-0.15, -0.1) is 0 Å². The molecule has 1 aliphatic heterocycles. The lowest BCUT2D eigenvalue weighted by Gasteiger charge is -2.17. The second kappa shape index (κ2) is 3.70. The number of hydrazine groups is 1. The van der Waals surface area contributed by atoms with E-state index in [4.69, 9.17) is 5.11 Å². The van der Waals surface area contributed by atoms with E-state index < -0.39 is 5.97 Å². The Bertz CT molecular complexity index is 417. The van der Waals surface area contributed by atoms with E-state index in [0.717, 1.165) is 0 Å². The largest absolute Gasteiger partial charge is 0.478 e. The predicted octanol–water partition coefficient (Wildman–Crippen LogP) is 0.626. The third-order valence-corrected chi connectivity index (χ3v) is 2.23. The molecule has 1 heterocycles. The summed E-state index contributed by atoms with van der Waals surface area (Å²) in [4.78, 5) is 22.3. The van der Waals surface area contributed by atoms with Crippen LogP contribution in [0.5, 0.6) is 0 Å². The molecule has 0 bridgehead atoms. The molecule has 2 N–H and O–H groups in total. The highest BCUT2D eigenvalue weighted by Crippen LogP contribution is 2.21. The summed E-state index contributed by atoms with van der Waals surface area (Å²) in [6.07, 6.45) is 0.397. The van der Waals surface area contributed by atoms with Gasteiger partial charge in [-0.05, 0) is 12.1 Å². The fraction of sp³-hybridized carbons (Fsp3) is 0.200. The number of aromatic carboxylic acids is 1. The van der Waals surface area contributed by atoms with Crippen LogP contribution in [0.2, 0.25) is 0 Å². The van der Waals surface area contributed by atoms with Gasteiger partial charge < -0.3 is 5.11 Å². The minimum Gasteiger partial charge on any atom is -0.478 e. The summed E-state index contributed by atoms with van der Waals surface area (Å²) < 4.78 is 0. The Morgan fingerprint density at radius 1 is 1.40 bits per heavy atom. The van der Waals surface area contributed by atoms with Gasteiger partial charge >= 0.3 is 5.97 Å². The molecule has 0 aromatic heterocycles. The first kappa shape index (κ1) is 9.67. The molecular formula is C10H10N2O3. The first-order valence-electron chi connectivity index (χ1n) is 4.59. The van der Waals surface area contributed by atoms with Gasteiger partial charge in [0, 0.05) is 13.0 Å². The van der Waals surface area contributed by atoms with Gasteiger partial charge in [0.25, 0.3) is 0 Å². The Balaban J connectivity index is 2.42. The lowest BCUT2D eigenvalue weighted by molar-refractivity contribution is -0.117. The van der Waals surface area contributed by atoms with Crippen LogP contribution in [0.15, 0.2) is 24.3 Å². The number of carbonyl (C=O) groups excluding carboxylic acids is 1. The summed E-state index contributed by atoms with van der Waals surface area (Å²) in [5, 5.41) is 10.2. The van der Waals surface area contributed by atoms with Gasteiger partial charge in [-0.3, -0.25) is 4.79 Å². The molecule has 15 heavy (non-hydrogen) atoms. The molecule has 5 heteroatoms. The molecule has 1 fully saturated rings. The van der Waals surface area contributed by atoms with Gasteiger partial charge in [0.15, 0.2) is 0 Å². The Hall–Kier alpha value is -1.88. The SMILES string of the molecule is O=C(O)c1ccccc1N1NCCC1=O. The third-order valence-electron chi connectivity index (χ3n) is 2.23. The molecule has 78 valence electrons. The van der Waals surface area contributed by atoms with Crippen LogP contribution < -0.4 is 10.4 Å². The molecule has 1 aromatic carbocycles. The highest BCUT2D eigenvalue weighted by Gasteiger charge is 2.25. The van der Waals surface area contributed by atoms with Crippen LogP contribution in [-0.2, 0) is 4.79 Å². The quantitative estimate of drug-likeness (QED) is 0.744. The number of amides is 1. The van der Waals surface area contributed by atoms with E-state index in [2.05, 4.69) is 5.43 Å². The van der Waals surface area contributed by atoms with Gasteiger partial charge in [-0.2, -0.15) is 0 Å². The lowest BCUT2D eigenvalue weighted by Crippen LogP contribution is -2.35. The Labute approximate surface area is 86.3 Å². The molecule has 0 atom stereocenters. The average Bonchev–Trinajstić information content (AvgIpc) is 2.64. The number of nitrogens with one attached hydrogen (secondary N) is 1. The molecule has 0 unspecified atom stereocenters. The number of hydrogen-bond acceptors (Lipinski definition) is 3. The summed E-state index contributed by atoms with van der Waals surface area (Å²) in [7, 11) is 0. The highest BCUT2D eigenvalue weighted by atomic mass is 16.4. The van der Waals surface area contributed by atoms with Crippen molar-refractivity contribution in [2.45, 2.75) is 6.42 Å². The molecule has 1 aliphatic rings. The smallest absolute Gasteiger partial charge is 0.337 e. The van der Waals surface area contributed by atoms with Crippen molar-refractivity contribution in [3.05, 3.63) is 29.8 Å². The van der Waals surface area contributed by atoms with E-state index in [1.165, 1.54) is 11.1 Å². The van der Waals surface area contributed by atoms with E-state index >= 15 is 0 Å². The van der Waals surface area contributed by atoms with E-state index in [1.54, 1.807) is 18.2 Å². The molecule has 0 aliphatic carbocycles. The summed E-state index contributed by atoms with van der Waals surface area (Å²) in [6, 6.07) is 6.42. The molecule has 5 nitrogen and oxygen atoms in total. The second-order valence-electron chi connectivity index (χ2n) is 3.21. The van der Waals surface area contributed by atoms with Crippen LogP contribution >= 0.6 is 0 Å². The number of carboxylic acid groups (broad SMARTS) is 1. The Morgan fingerprint density at radius 3 is 2.73 bits per heavy atom. The Kier molecular flexibility index (Phi) is 2.39. The van der Waals surface area contributed by atoms with Crippen LogP contribution in [0, 0.1) is 0 Å². The van der Waals surface area contributed by atoms with Crippen molar-refractivity contribution in [1.82, 2.24) is 5.43 Å². The molecular weight excluding hydrogens is 196 g/mol. The van der Waals surface area contributed by atoms with Crippen molar-refractivity contribution < 1.29 is 14.7 Å². The van der Waals surface area contributed by atoms with Crippen molar-refractivity contribution in [3.63, 3.8) is 0 Å². The van der Waals surface area contributed by atoms with Crippen LogP contribution in [0.4, 0.5) is 5.69 Å². The highest BCUT2D eigenvalue weighted by molar-refractivity contribution is 6.02. The number of para-hydroxylation sites is 1. The standard InChI is InChI=1S/C10H10N2O3/c13-9-5-6-11-12(9)8-4-2-1-3-7(8)10(14)15/h1-4,11H,5-6H2,(H,14,15). The summed E-state index contributed by atoms with van der Waals surface area (Å²) in [6.45, 7) is 0.548. The van der Waals surface area contributed by atoms with Gasteiger partial charge in [0.1, 0.15) is 0 Å².